The minimum absolute atomic E-state index is 0.493. The van der Waals surface area contributed by atoms with E-state index >= 15 is 0 Å². The van der Waals surface area contributed by atoms with Crippen LogP contribution in [-0.4, -0.2) is 16.8 Å². The molecular formula is C12H8F3N2O. The van der Waals surface area contributed by atoms with E-state index in [0.29, 0.717) is 11.3 Å². The highest BCUT2D eigenvalue weighted by molar-refractivity contribution is 5.38. The molecule has 0 spiro atoms. The summed E-state index contributed by atoms with van der Waals surface area (Å²) in [7, 11) is 0. The summed E-state index contributed by atoms with van der Waals surface area (Å²) in [5.41, 5.74) is 1.03. The van der Waals surface area contributed by atoms with E-state index in [9.17, 15) is 13.2 Å². The normalized spacial score (nSPS) is 10.7. The van der Waals surface area contributed by atoms with Crippen LogP contribution in [0.5, 0.6) is 5.75 Å². The Morgan fingerprint density at radius 3 is 2.72 bits per heavy atom. The van der Waals surface area contributed by atoms with Crippen molar-refractivity contribution in [3.8, 4) is 5.75 Å². The zero-order valence-corrected chi connectivity index (χ0v) is 9.06. The standard InChI is InChI=1S/C12H8F3N2O/c13-10-4-3-8(7-11(10)18-12(14)15)6-9-2-1-5-16-17-9/h1-7,12H. The van der Waals surface area contributed by atoms with Crippen LogP contribution in [0.25, 0.3) is 0 Å². The second-order valence-corrected chi connectivity index (χ2v) is 3.36. The molecule has 0 saturated carbocycles. The van der Waals surface area contributed by atoms with Gasteiger partial charge in [0, 0.05) is 12.6 Å². The molecule has 3 nitrogen and oxygen atoms in total. The summed E-state index contributed by atoms with van der Waals surface area (Å²) in [6.45, 7) is -3.06. The molecule has 1 aromatic heterocycles. The van der Waals surface area contributed by atoms with E-state index in [1.807, 2.05) is 0 Å². The van der Waals surface area contributed by atoms with Crippen molar-refractivity contribution in [3.63, 3.8) is 0 Å². The molecule has 0 N–H and O–H groups in total. The first-order chi connectivity index (χ1) is 8.65. The molecule has 0 saturated heterocycles. The third-order valence-electron chi connectivity index (χ3n) is 2.08. The van der Waals surface area contributed by atoms with Gasteiger partial charge in [0.15, 0.2) is 11.6 Å². The van der Waals surface area contributed by atoms with E-state index in [1.165, 1.54) is 18.3 Å². The van der Waals surface area contributed by atoms with E-state index in [-0.39, 0.29) is 0 Å². The van der Waals surface area contributed by atoms with Gasteiger partial charge < -0.3 is 4.74 Å². The number of hydrogen-bond acceptors (Lipinski definition) is 3. The Balaban J connectivity index is 2.19. The van der Waals surface area contributed by atoms with Crippen molar-refractivity contribution >= 4 is 0 Å². The minimum Gasteiger partial charge on any atom is -0.432 e. The summed E-state index contributed by atoms with van der Waals surface area (Å²) in [6, 6.07) is 7.03. The lowest BCUT2D eigenvalue weighted by atomic mass is 10.1. The average Bonchev–Trinajstić information content (AvgIpc) is 2.34. The van der Waals surface area contributed by atoms with Crippen LogP contribution in [0.3, 0.4) is 0 Å². The second-order valence-electron chi connectivity index (χ2n) is 3.36. The van der Waals surface area contributed by atoms with E-state index in [0.717, 1.165) is 6.07 Å². The molecule has 1 radical (unpaired) electrons. The summed E-state index contributed by atoms with van der Waals surface area (Å²) in [5.74, 6) is -1.34. The second kappa shape index (κ2) is 5.48. The highest BCUT2D eigenvalue weighted by Crippen LogP contribution is 2.22. The van der Waals surface area contributed by atoms with Crippen molar-refractivity contribution < 1.29 is 17.9 Å². The molecule has 0 aliphatic carbocycles. The van der Waals surface area contributed by atoms with Gasteiger partial charge in [-0.1, -0.05) is 6.07 Å². The van der Waals surface area contributed by atoms with Gasteiger partial charge in [0.25, 0.3) is 0 Å². The molecule has 0 aliphatic rings. The van der Waals surface area contributed by atoms with E-state index in [4.69, 9.17) is 0 Å². The molecule has 0 unspecified atom stereocenters. The first-order valence-corrected chi connectivity index (χ1v) is 5.02. The summed E-state index contributed by atoms with van der Waals surface area (Å²) in [4.78, 5) is 0. The molecule has 1 heterocycles. The van der Waals surface area contributed by atoms with Gasteiger partial charge in [0.1, 0.15) is 0 Å². The zero-order chi connectivity index (χ0) is 13.0. The molecule has 93 valence electrons. The molecule has 18 heavy (non-hydrogen) atoms. The topological polar surface area (TPSA) is 35.0 Å². The molecule has 1 aromatic carbocycles. The Bertz CT molecular complexity index is 520. The molecule has 0 fully saturated rings. The van der Waals surface area contributed by atoms with Crippen LogP contribution in [0.2, 0.25) is 0 Å². The van der Waals surface area contributed by atoms with Crippen molar-refractivity contribution in [1.82, 2.24) is 10.2 Å². The van der Waals surface area contributed by atoms with Crippen molar-refractivity contribution in [3.05, 3.63) is 60.0 Å². The van der Waals surface area contributed by atoms with Gasteiger partial charge in [-0.15, -0.1) is 0 Å². The maximum atomic E-state index is 13.2. The number of halogens is 3. The predicted molar refractivity (Wildman–Crippen MR) is 57.6 cm³/mol. The number of hydrogen-bond donors (Lipinski definition) is 0. The monoisotopic (exact) mass is 253 g/mol. The smallest absolute Gasteiger partial charge is 0.387 e. The molecule has 2 rings (SSSR count). The fourth-order valence-electron chi connectivity index (χ4n) is 1.36. The molecule has 6 heteroatoms. The summed E-state index contributed by atoms with van der Waals surface area (Å²) in [5, 5.41) is 7.46. The first-order valence-electron chi connectivity index (χ1n) is 5.02. The van der Waals surface area contributed by atoms with Crippen LogP contribution in [0.1, 0.15) is 11.3 Å². The molecule has 2 aromatic rings. The molecule has 0 bridgehead atoms. The largest absolute Gasteiger partial charge is 0.432 e. The summed E-state index contributed by atoms with van der Waals surface area (Å²) < 4.78 is 41.3. The zero-order valence-electron chi connectivity index (χ0n) is 9.06. The van der Waals surface area contributed by atoms with E-state index in [1.54, 1.807) is 18.6 Å². The third-order valence-corrected chi connectivity index (χ3v) is 2.08. The van der Waals surface area contributed by atoms with Gasteiger partial charge in [-0.2, -0.15) is 19.0 Å². The molecule has 0 atom stereocenters. The van der Waals surface area contributed by atoms with Gasteiger partial charge in [-0.25, -0.2) is 4.39 Å². The molecule has 0 amide bonds. The lowest BCUT2D eigenvalue weighted by molar-refractivity contribution is -0.0522. The van der Waals surface area contributed by atoms with Crippen LogP contribution >= 0.6 is 0 Å². The van der Waals surface area contributed by atoms with Gasteiger partial charge in [-0.3, -0.25) is 0 Å². The number of alkyl halides is 2. The SMILES string of the molecule is Fc1ccc([CH]c2cccnn2)cc1OC(F)F. The maximum absolute atomic E-state index is 13.2. The highest BCUT2D eigenvalue weighted by atomic mass is 19.3. The Kier molecular flexibility index (Phi) is 3.76. The Morgan fingerprint density at radius 2 is 2.06 bits per heavy atom. The highest BCUT2D eigenvalue weighted by Gasteiger charge is 2.11. The van der Waals surface area contributed by atoms with Crippen molar-refractivity contribution in [2.75, 3.05) is 0 Å². The Labute approximate surface area is 101 Å². The van der Waals surface area contributed by atoms with E-state index < -0.39 is 18.2 Å². The number of nitrogens with zero attached hydrogens (tertiary/aromatic N) is 2. The summed E-state index contributed by atoms with van der Waals surface area (Å²) in [6.07, 6.45) is 3.08. The minimum atomic E-state index is -3.06. The van der Waals surface area contributed by atoms with E-state index in [2.05, 4.69) is 14.9 Å². The van der Waals surface area contributed by atoms with Crippen LogP contribution < -0.4 is 4.74 Å². The van der Waals surface area contributed by atoms with Gasteiger partial charge in [-0.05, 0) is 29.8 Å². The van der Waals surface area contributed by atoms with Crippen molar-refractivity contribution in [2.45, 2.75) is 6.61 Å². The lowest BCUT2D eigenvalue weighted by Gasteiger charge is -2.07. The van der Waals surface area contributed by atoms with Crippen LogP contribution in [-0.2, 0) is 0 Å². The number of aromatic nitrogens is 2. The molecule has 0 aliphatic heterocycles. The van der Waals surface area contributed by atoms with Crippen molar-refractivity contribution in [1.29, 1.82) is 0 Å². The van der Waals surface area contributed by atoms with Crippen LogP contribution in [0.4, 0.5) is 13.2 Å². The number of ether oxygens (including phenoxy) is 1. The van der Waals surface area contributed by atoms with Gasteiger partial charge in [0.05, 0.1) is 5.69 Å². The fraction of sp³-hybridized carbons (Fsp3) is 0.0833. The van der Waals surface area contributed by atoms with Crippen LogP contribution in [0, 0.1) is 12.2 Å². The third kappa shape index (κ3) is 3.19. The lowest BCUT2D eigenvalue weighted by Crippen LogP contribution is -2.04. The number of benzene rings is 1. The quantitative estimate of drug-likeness (QED) is 0.840. The van der Waals surface area contributed by atoms with Crippen LogP contribution in [0.15, 0.2) is 36.5 Å². The Morgan fingerprint density at radius 1 is 1.22 bits per heavy atom. The average molecular weight is 253 g/mol. The fourth-order valence-corrected chi connectivity index (χ4v) is 1.36. The maximum Gasteiger partial charge on any atom is 0.387 e. The number of rotatable bonds is 4. The van der Waals surface area contributed by atoms with Gasteiger partial charge in [0.2, 0.25) is 0 Å². The first kappa shape index (κ1) is 12.3. The van der Waals surface area contributed by atoms with Crippen molar-refractivity contribution in [2.24, 2.45) is 0 Å². The Hall–Kier alpha value is -2.11. The summed E-state index contributed by atoms with van der Waals surface area (Å²) >= 11 is 0. The predicted octanol–water partition coefficient (Wildman–Crippen LogP) is 2.82. The molecular weight excluding hydrogens is 245 g/mol. The van der Waals surface area contributed by atoms with Gasteiger partial charge >= 0.3 is 6.61 Å².